The molecule has 1 saturated carbocycles. The van der Waals surface area contributed by atoms with Gasteiger partial charge in [-0.3, -0.25) is 0 Å². The van der Waals surface area contributed by atoms with Crippen molar-refractivity contribution < 1.29 is 24.9 Å². The van der Waals surface area contributed by atoms with Gasteiger partial charge in [0.15, 0.2) is 0 Å². The zero-order valence-corrected chi connectivity index (χ0v) is 16.3. The molecule has 2 aliphatic rings. The number of carboxylic acid groups (broad SMARTS) is 1. The summed E-state index contributed by atoms with van der Waals surface area (Å²) in [7, 11) is 0. The molecule has 27 heavy (non-hydrogen) atoms. The lowest BCUT2D eigenvalue weighted by molar-refractivity contribution is -0.168. The van der Waals surface area contributed by atoms with E-state index in [0.717, 1.165) is 25.7 Å². The molecule has 0 aromatic heterocycles. The molecule has 150 valence electrons. The van der Waals surface area contributed by atoms with Gasteiger partial charge in [0.2, 0.25) is 5.60 Å². The second-order valence-corrected chi connectivity index (χ2v) is 7.69. The molecule has 3 N–H and O–H groups in total. The predicted molar refractivity (Wildman–Crippen MR) is 105 cm³/mol. The molecule has 1 aliphatic carbocycles. The highest BCUT2D eigenvalue weighted by molar-refractivity contribution is 5.80. The van der Waals surface area contributed by atoms with E-state index in [4.69, 9.17) is 4.74 Å². The number of carbonyl (C=O) groups is 1. The molecular weight excluding hydrogens is 344 g/mol. The molecule has 3 atom stereocenters. The number of rotatable bonds is 9. The van der Waals surface area contributed by atoms with E-state index in [2.05, 4.69) is 0 Å². The standard InChI is InChI=1S/C22H32O5/c1-3-4-7-13-21(2,26)14-8-11-18-16-19(12-15-23)27-22(18,20(24)25)17-9-5-6-10-17/h3-4,7-8,11,13,16-18,23,26H,5-6,9-10,12,14-15H2,1-2H3,(H,24,25)/b4-3+,11-8+,13-7+/t18-,21-,22?/m0/s1. The van der Waals surface area contributed by atoms with E-state index in [0.29, 0.717) is 18.6 Å². The van der Waals surface area contributed by atoms with Crippen molar-refractivity contribution in [3.05, 3.63) is 48.3 Å². The summed E-state index contributed by atoms with van der Waals surface area (Å²) >= 11 is 0. The minimum atomic E-state index is -1.30. The fraction of sp³-hybridized carbons (Fsp3) is 0.591. The number of hydrogen-bond donors (Lipinski definition) is 3. The van der Waals surface area contributed by atoms with Crippen molar-refractivity contribution in [2.75, 3.05) is 6.61 Å². The lowest BCUT2D eigenvalue weighted by atomic mass is 9.76. The number of carboxylic acids is 1. The molecule has 2 rings (SSSR count). The van der Waals surface area contributed by atoms with Gasteiger partial charge in [0.1, 0.15) is 0 Å². The first-order valence-corrected chi connectivity index (χ1v) is 9.79. The third-order valence-corrected chi connectivity index (χ3v) is 5.45. The summed E-state index contributed by atoms with van der Waals surface area (Å²) in [6, 6.07) is 0. The van der Waals surface area contributed by atoms with E-state index in [9.17, 15) is 20.1 Å². The van der Waals surface area contributed by atoms with Crippen LogP contribution in [0.25, 0.3) is 0 Å². The highest BCUT2D eigenvalue weighted by atomic mass is 16.5. The Hall–Kier alpha value is -1.85. The monoisotopic (exact) mass is 376 g/mol. The Morgan fingerprint density at radius 3 is 2.67 bits per heavy atom. The van der Waals surface area contributed by atoms with Crippen molar-refractivity contribution >= 4 is 5.97 Å². The van der Waals surface area contributed by atoms with Crippen LogP contribution in [0.3, 0.4) is 0 Å². The van der Waals surface area contributed by atoms with Crippen LogP contribution in [0.1, 0.15) is 52.4 Å². The summed E-state index contributed by atoms with van der Waals surface area (Å²) in [4.78, 5) is 12.3. The van der Waals surface area contributed by atoms with Crippen molar-refractivity contribution in [2.45, 2.75) is 63.6 Å². The Morgan fingerprint density at radius 2 is 2.07 bits per heavy atom. The molecule has 0 aromatic carbocycles. The van der Waals surface area contributed by atoms with Crippen molar-refractivity contribution in [3.8, 4) is 0 Å². The van der Waals surface area contributed by atoms with Crippen molar-refractivity contribution in [1.82, 2.24) is 0 Å². The lowest BCUT2D eigenvalue weighted by Gasteiger charge is -2.35. The van der Waals surface area contributed by atoms with Crippen LogP contribution in [-0.2, 0) is 9.53 Å². The van der Waals surface area contributed by atoms with E-state index in [1.165, 1.54) is 0 Å². The molecule has 5 heteroatoms. The van der Waals surface area contributed by atoms with Crippen LogP contribution < -0.4 is 0 Å². The zero-order chi connectivity index (χ0) is 19.9. The first kappa shape index (κ1) is 21.5. The smallest absolute Gasteiger partial charge is 0.349 e. The highest BCUT2D eigenvalue weighted by Gasteiger charge is 2.56. The number of aliphatic hydroxyl groups is 2. The Balaban J connectivity index is 2.21. The largest absolute Gasteiger partial charge is 0.479 e. The summed E-state index contributed by atoms with van der Waals surface area (Å²) in [5.41, 5.74) is -2.31. The molecule has 5 nitrogen and oxygen atoms in total. The molecule has 0 amide bonds. The predicted octanol–water partition coefficient (Wildman–Crippen LogP) is 3.74. The van der Waals surface area contributed by atoms with Crippen LogP contribution in [0.5, 0.6) is 0 Å². The van der Waals surface area contributed by atoms with E-state index in [1.54, 1.807) is 19.1 Å². The number of allylic oxidation sites excluding steroid dienone is 3. The van der Waals surface area contributed by atoms with Gasteiger partial charge in [-0.1, -0.05) is 49.3 Å². The van der Waals surface area contributed by atoms with Gasteiger partial charge in [-0.05, 0) is 39.2 Å². The number of hydrogen-bond acceptors (Lipinski definition) is 4. The van der Waals surface area contributed by atoms with Crippen LogP contribution in [0, 0.1) is 11.8 Å². The molecular formula is C22H32O5. The molecule has 1 heterocycles. The Kier molecular flexibility index (Phi) is 7.45. The zero-order valence-electron chi connectivity index (χ0n) is 16.3. The van der Waals surface area contributed by atoms with Crippen LogP contribution in [-0.4, -0.2) is 39.1 Å². The number of aliphatic carboxylic acids is 1. The van der Waals surface area contributed by atoms with Crippen molar-refractivity contribution in [3.63, 3.8) is 0 Å². The maximum absolute atomic E-state index is 12.3. The number of aliphatic hydroxyl groups excluding tert-OH is 1. The molecule has 0 spiro atoms. The van der Waals surface area contributed by atoms with Gasteiger partial charge in [0, 0.05) is 18.3 Å². The average Bonchev–Trinajstić information content (AvgIpc) is 3.24. The Labute approximate surface area is 161 Å². The third-order valence-electron chi connectivity index (χ3n) is 5.45. The maximum atomic E-state index is 12.3. The Bertz CT molecular complexity index is 623. The maximum Gasteiger partial charge on any atom is 0.349 e. The summed E-state index contributed by atoms with van der Waals surface area (Å²) in [6.07, 6.45) is 17.1. The SMILES string of the molecule is C/C=C/C=C/[C@](C)(O)C/C=C/[C@H]1C=C(CCO)OC1(C(=O)O)C1CCCC1. The normalized spacial score (nSPS) is 28.9. The average molecular weight is 376 g/mol. The fourth-order valence-corrected chi connectivity index (χ4v) is 4.05. The number of ether oxygens (including phenoxy) is 1. The quantitative estimate of drug-likeness (QED) is 0.421. The summed E-state index contributed by atoms with van der Waals surface area (Å²) in [5.74, 6) is -0.865. The minimum absolute atomic E-state index is 0.0489. The van der Waals surface area contributed by atoms with E-state index < -0.39 is 23.1 Å². The lowest BCUT2D eigenvalue weighted by Crippen LogP contribution is -2.50. The molecule has 1 aliphatic heterocycles. The van der Waals surface area contributed by atoms with Gasteiger partial charge >= 0.3 is 5.97 Å². The van der Waals surface area contributed by atoms with Crippen LogP contribution in [0.2, 0.25) is 0 Å². The van der Waals surface area contributed by atoms with E-state index in [-0.39, 0.29) is 12.5 Å². The molecule has 0 saturated heterocycles. The van der Waals surface area contributed by atoms with Gasteiger partial charge in [-0.2, -0.15) is 0 Å². The second kappa shape index (κ2) is 9.38. The van der Waals surface area contributed by atoms with Crippen LogP contribution in [0.4, 0.5) is 0 Å². The van der Waals surface area contributed by atoms with Crippen molar-refractivity contribution in [2.24, 2.45) is 11.8 Å². The topological polar surface area (TPSA) is 87.0 Å². The minimum Gasteiger partial charge on any atom is -0.479 e. The molecule has 0 bridgehead atoms. The molecule has 0 aromatic rings. The summed E-state index contributed by atoms with van der Waals surface area (Å²) in [5, 5.41) is 29.7. The first-order valence-electron chi connectivity index (χ1n) is 9.79. The molecule has 1 unspecified atom stereocenters. The second-order valence-electron chi connectivity index (χ2n) is 7.69. The first-order chi connectivity index (χ1) is 12.9. The molecule has 0 radical (unpaired) electrons. The van der Waals surface area contributed by atoms with Crippen LogP contribution >= 0.6 is 0 Å². The summed E-state index contributed by atoms with van der Waals surface area (Å²) in [6.45, 7) is 3.55. The van der Waals surface area contributed by atoms with Gasteiger partial charge in [-0.25, -0.2) is 4.79 Å². The summed E-state index contributed by atoms with van der Waals surface area (Å²) < 4.78 is 5.97. The molecule has 1 fully saturated rings. The van der Waals surface area contributed by atoms with Gasteiger partial charge < -0.3 is 20.1 Å². The van der Waals surface area contributed by atoms with Crippen molar-refractivity contribution in [1.29, 1.82) is 0 Å². The van der Waals surface area contributed by atoms with E-state index in [1.807, 2.05) is 37.3 Å². The highest BCUT2D eigenvalue weighted by Crippen LogP contribution is 2.47. The van der Waals surface area contributed by atoms with Gasteiger partial charge in [-0.15, -0.1) is 0 Å². The van der Waals surface area contributed by atoms with Gasteiger partial charge in [0.05, 0.1) is 18.0 Å². The fourth-order valence-electron chi connectivity index (χ4n) is 4.05. The van der Waals surface area contributed by atoms with Crippen LogP contribution in [0.15, 0.2) is 48.3 Å². The Morgan fingerprint density at radius 1 is 1.37 bits per heavy atom. The van der Waals surface area contributed by atoms with Gasteiger partial charge in [0.25, 0.3) is 0 Å². The van der Waals surface area contributed by atoms with E-state index >= 15 is 0 Å². The third kappa shape index (κ3) is 5.11.